The van der Waals surface area contributed by atoms with Crippen LogP contribution in [-0.4, -0.2) is 0 Å². The Kier molecular flexibility index (Phi) is 7.46. The molecule has 0 aromatic rings. The summed E-state index contributed by atoms with van der Waals surface area (Å²) in [6.07, 6.45) is 0. The normalized spacial score (nSPS) is 13.2. The van der Waals surface area contributed by atoms with Crippen molar-refractivity contribution < 1.29 is 16.6 Å². The number of hydrogen-bond donors (Lipinski definition) is 0. The van der Waals surface area contributed by atoms with Gasteiger partial charge >= 0.3 is 102 Å². The van der Waals surface area contributed by atoms with Gasteiger partial charge in [-0.2, -0.15) is 0 Å². The summed E-state index contributed by atoms with van der Waals surface area (Å²) in [5.41, 5.74) is 0. The monoisotopic (exact) mass is 248 g/mol. The van der Waals surface area contributed by atoms with Gasteiger partial charge in [-0.05, 0) is 0 Å². The predicted octanol–water partition coefficient (Wildman–Crippen LogP) is 5.80. The van der Waals surface area contributed by atoms with Gasteiger partial charge in [-0.1, -0.05) is 0 Å². The summed E-state index contributed by atoms with van der Waals surface area (Å²) >= 11 is -1.51. The van der Waals surface area contributed by atoms with E-state index in [0.717, 1.165) is 17.8 Å². The quantitative estimate of drug-likeness (QED) is 0.499. The van der Waals surface area contributed by atoms with E-state index in [-0.39, 0.29) is 0 Å². The van der Waals surface area contributed by atoms with Crippen LogP contribution in [0.1, 0.15) is 48.5 Å². The predicted molar refractivity (Wildman–Crippen MR) is 69.4 cm³/mol. The third-order valence-electron chi connectivity index (χ3n) is 3.27. The zero-order valence-corrected chi connectivity index (χ0v) is 13.6. The van der Waals surface area contributed by atoms with Crippen LogP contribution in [0.15, 0.2) is 0 Å². The summed E-state index contributed by atoms with van der Waals surface area (Å²) in [4.78, 5) is 0. The van der Waals surface area contributed by atoms with Gasteiger partial charge in [0.1, 0.15) is 0 Å². The summed E-state index contributed by atoms with van der Waals surface area (Å²) in [5, 5.41) is 0. The number of rotatable bonds is 7. The Morgan fingerprint density at radius 1 is 0.667 bits per heavy atom. The van der Waals surface area contributed by atoms with E-state index < -0.39 is 16.6 Å². The van der Waals surface area contributed by atoms with E-state index in [9.17, 15) is 0 Å². The molecule has 0 aliphatic heterocycles. The second kappa shape index (κ2) is 7.12. The zero-order chi connectivity index (χ0) is 12.1. The Morgan fingerprint density at radius 3 is 1.07 bits per heavy atom. The fourth-order valence-electron chi connectivity index (χ4n) is 3.28. The average molecular weight is 248 g/mol. The molecule has 0 N–H and O–H groups in total. The minimum atomic E-state index is -1.51. The van der Waals surface area contributed by atoms with Gasteiger partial charge in [-0.15, -0.1) is 0 Å². The van der Waals surface area contributed by atoms with E-state index in [1.54, 1.807) is 14.2 Å². The topological polar surface area (TPSA) is 0 Å². The molecule has 0 aromatic heterocycles. The SMILES string of the molecule is C[CH2][Ti]([CH2]C(C)C)([CH2]C(C)C)[CH2]C(C)C. The van der Waals surface area contributed by atoms with E-state index in [0.29, 0.717) is 0 Å². The summed E-state index contributed by atoms with van der Waals surface area (Å²) in [6.45, 7) is 16.9. The molecule has 0 bridgehead atoms. The Labute approximate surface area is 102 Å². The van der Waals surface area contributed by atoms with Crippen LogP contribution in [0.4, 0.5) is 0 Å². The molecule has 15 heavy (non-hydrogen) atoms. The first-order chi connectivity index (χ1) is 6.81. The van der Waals surface area contributed by atoms with Gasteiger partial charge in [0, 0.05) is 0 Å². The average Bonchev–Trinajstić information content (AvgIpc) is 1.99. The molecule has 0 amide bonds. The molecular weight excluding hydrogens is 216 g/mol. The molecule has 0 radical (unpaired) electrons. The molecule has 0 heterocycles. The Bertz CT molecular complexity index is 132. The maximum absolute atomic E-state index is 2.47. The molecule has 0 unspecified atom stereocenters. The molecule has 0 fully saturated rings. The van der Waals surface area contributed by atoms with Crippen molar-refractivity contribution in [3.8, 4) is 0 Å². The van der Waals surface area contributed by atoms with Gasteiger partial charge < -0.3 is 0 Å². The third kappa shape index (κ3) is 6.79. The van der Waals surface area contributed by atoms with Gasteiger partial charge in [0.2, 0.25) is 0 Å². The first-order valence-corrected chi connectivity index (χ1v) is 11.2. The molecule has 0 saturated carbocycles. The van der Waals surface area contributed by atoms with Crippen LogP contribution < -0.4 is 0 Å². The van der Waals surface area contributed by atoms with Crippen LogP contribution in [0, 0.1) is 17.8 Å². The van der Waals surface area contributed by atoms with E-state index in [4.69, 9.17) is 0 Å². The van der Waals surface area contributed by atoms with Crippen LogP contribution in [0.3, 0.4) is 0 Å². The van der Waals surface area contributed by atoms with Crippen molar-refractivity contribution in [1.29, 1.82) is 0 Å². The molecule has 0 saturated heterocycles. The first kappa shape index (κ1) is 15.7. The molecule has 0 aliphatic carbocycles. The summed E-state index contributed by atoms with van der Waals surface area (Å²) in [7, 11) is 0. The van der Waals surface area contributed by atoms with Crippen molar-refractivity contribution >= 4 is 0 Å². The molecular formula is C14H32Ti. The van der Waals surface area contributed by atoms with Gasteiger partial charge in [-0.25, -0.2) is 0 Å². The second-order valence-corrected chi connectivity index (χ2v) is 14.3. The fraction of sp³-hybridized carbons (Fsp3) is 1.00. The molecule has 0 spiro atoms. The van der Waals surface area contributed by atoms with Crippen molar-refractivity contribution in [3.05, 3.63) is 0 Å². The van der Waals surface area contributed by atoms with Crippen molar-refractivity contribution in [2.45, 2.75) is 67.4 Å². The van der Waals surface area contributed by atoms with E-state index in [2.05, 4.69) is 48.5 Å². The van der Waals surface area contributed by atoms with Crippen LogP contribution in [0.25, 0.3) is 0 Å². The standard InChI is InChI=1S/3C4H9.C2H5.Ti/c3*1-4(2)3;1-2;/h3*4H,1H2,2-3H3;1H2,2H3;. The minimum absolute atomic E-state index is 0.919. The van der Waals surface area contributed by atoms with Crippen molar-refractivity contribution in [3.63, 3.8) is 0 Å². The first-order valence-electron chi connectivity index (χ1n) is 6.81. The van der Waals surface area contributed by atoms with Crippen LogP contribution in [-0.2, 0) is 16.6 Å². The third-order valence-corrected chi connectivity index (χ3v) is 13.5. The molecule has 0 atom stereocenters. The number of hydrogen-bond acceptors (Lipinski definition) is 0. The summed E-state index contributed by atoms with van der Waals surface area (Å²) in [6, 6.07) is 0. The summed E-state index contributed by atoms with van der Waals surface area (Å²) < 4.78 is 6.31. The molecule has 0 aromatic carbocycles. The Morgan fingerprint density at radius 2 is 0.933 bits per heavy atom. The zero-order valence-electron chi connectivity index (χ0n) is 12.1. The molecule has 0 rings (SSSR count). The van der Waals surface area contributed by atoms with E-state index in [1.807, 2.05) is 0 Å². The van der Waals surface area contributed by atoms with Crippen LogP contribution >= 0.6 is 0 Å². The molecule has 92 valence electrons. The van der Waals surface area contributed by atoms with Crippen molar-refractivity contribution in [1.82, 2.24) is 0 Å². The Balaban J connectivity index is 4.59. The second-order valence-electron chi connectivity index (χ2n) is 6.65. The van der Waals surface area contributed by atoms with Crippen molar-refractivity contribution in [2.75, 3.05) is 0 Å². The summed E-state index contributed by atoms with van der Waals surface area (Å²) in [5.74, 6) is 2.76. The maximum atomic E-state index is 2.47. The molecule has 0 aliphatic rings. The van der Waals surface area contributed by atoms with Gasteiger partial charge in [0.25, 0.3) is 0 Å². The van der Waals surface area contributed by atoms with Crippen LogP contribution in [0.5, 0.6) is 0 Å². The fourth-order valence-corrected chi connectivity index (χ4v) is 13.5. The molecule has 1 heteroatoms. The Hall–Kier alpha value is 0.714. The van der Waals surface area contributed by atoms with Crippen LogP contribution in [0.2, 0.25) is 18.9 Å². The molecule has 0 nitrogen and oxygen atoms in total. The van der Waals surface area contributed by atoms with E-state index in [1.165, 1.54) is 4.73 Å². The van der Waals surface area contributed by atoms with Gasteiger partial charge in [-0.3, -0.25) is 0 Å². The van der Waals surface area contributed by atoms with Gasteiger partial charge in [0.15, 0.2) is 0 Å². The van der Waals surface area contributed by atoms with Crippen molar-refractivity contribution in [2.24, 2.45) is 17.8 Å². The van der Waals surface area contributed by atoms with E-state index >= 15 is 0 Å². The van der Waals surface area contributed by atoms with Gasteiger partial charge in [0.05, 0.1) is 0 Å².